The fourth-order valence-corrected chi connectivity index (χ4v) is 7.50. The van der Waals surface area contributed by atoms with Crippen LogP contribution in [0.15, 0.2) is 158 Å². The van der Waals surface area contributed by atoms with Crippen LogP contribution in [0.1, 0.15) is 30.4 Å². The van der Waals surface area contributed by atoms with Crippen molar-refractivity contribution in [3.8, 4) is 23.0 Å². The highest BCUT2D eigenvalue weighted by atomic mass is 16.6. The van der Waals surface area contributed by atoms with E-state index in [0.29, 0.717) is 11.9 Å². The number of fused-ring (bicyclic) bond motifs is 1. The molecular formula is C49H46N2O6. The monoisotopic (exact) mass is 758 g/mol. The molecule has 2 fully saturated rings. The van der Waals surface area contributed by atoms with Crippen LogP contribution in [0.25, 0.3) is 0 Å². The van der Waals surface area contributed by atoms with Gasteiger partial charge in [-0.25, -0.2) is 4.79 Å². The molecule has 3 atom stereocenters. The number of esters is 1. The minimum Gasteiger partial charge on any atom is -0.497 e. The Hall–Kier alpha value is -6.51. The Balaban J connectivity index is 0.976. The number of rotatable bonds is 15. The Kier molecular flexibility index (Phi) is 11.2. The van der Waals surface area contributed by atoms with E-state index in [0.717, 1.165) is 89.6 Å². The Labute approximate surface area is 334 Å². The van der Waals surface area contributed by atoms with Crippen molar-refractivity contribution >= 4 is 40.1 Å². The summed E-state index contributed by atoms with van der Waals surface area (Å²) in [6, 6.07) is 49.3. The van der Waals surface area contributed by atoms with Gasteiger partial charge in [0.25, 0.3) is 0 Å². The first kappa shape index (κ1) is 37.4. The van der Waals surface area contributed by atoms with Crippen LogP contribution in [-0.2, 0) is 22.4 Å². The molecule has 6 aromatic rings. The molecule has 8 heteroatoms. The van der Waals surface area contributed by atoms with Gasteiger partial charge in [0, 0.05) is 52.3 Å². The van der Waals surface area contributed by atoms with Gasteiger partial charge in [-0.15, -0.1) is 0 Å². The topological polar surface area (TPSA) is 73.0 Å². The van der Waals surface area contributed by atoms with E-state index >= 15 is 0 Å². The van der Waals surface area contributed by atoms with Crippen LogP contribution < -0.4 is 28.7 Å². The molecular weight excluding hydrogens is 713 g/mol. The second-order valence-corrected chi connectivity index (χ2v) is 14.2. The second kappa shape index (κ2) is 17.1. The molecule has 8 rings (SSSR count). The van der Waals surface area contributed by atoms with Crippen molar-refractivity contribution < 1.29 is 28.5 Å². The maximum Gasteiger partial charge on any atom is 0.335 e. The van der Waals surface area contributed by atoms with Gasteiger partial charge in [-0.3, -0.25) is 0 Å². The van der Waals surface area contributed by atoms with Crippen molar-refractivity contribution in [2.45, 2.75) is 50.4 Å². The van der Waals surface area contributed by atoms with Crippen LogP contribution in [0.3, 0.4) is 0 Å². The summed E-state index contributed by atoms with van der Waals surface area (Å²) in [5.41, 5.74) is 8.41. The van der Waals surface area contributed by atoms with Gasteiger partial charge in [0.2, 0.25) is 0 Å². The summed E-state index contributed by atoms with van der Waals surface area (Å²) >= 11 is 0. The lowest BCUT2D eigenvalue weighted by Crippen LogP contribution is -2.28. The zero-order chi connectivity index (χ0) is 39.1. The third-order valence-corrected chi connectivity index (χ3v) is 10.5. The minimum absolute atomic E-state index is 0.129. The molecule has 3 unspecified atom stereocenters. The Bertz CT molecular complexity index is 2290. The molecule has 57 heavy (non-hydrogen) atoms. The SMILES string of the molecule is C=CC(=O)Oc1ccc(N(c2ccc(CCc3ccc(N(c4ccc(OC5CCCC6OC56)cc4)c4cccc(OC)c4)cc3)cc2)c2cccc(OC)c2)cc1. The van der Waals surface area contributed by atoms with Gasteiger partial charge in [0.15, 0.2) is 0 Å². The van der Waals surface area contributed by atoms with Crippen LogP contribution in [0.5, 0.6) is 23.0 Å². The maximum atomic E-state index is 11.7. The highest BCUT2D eigenvalue weighted by molar-refractivity contribution is 5.84. The molecule has 6 aromatic carbocycles. The number of nitrogens with zero attached hydrogens (tertiary/aromatic N) is 2. The van der Waals surface area contributed by atoms with Crippen LogP contribution in [-0.4, -0.2) is 38.5 Å². The summed E-state index contributed by atoms with van der Waals surface area (Å²) in [7, 11) is 3.36. The van der Waals surface area contributed by atoms with E-state index in [4.69, 9.17) is 23.7 Å². The molecule has 0 bridgehead atoms. The third kappa shape index (κ3) is 8.82. The predicted molar refractivity (Wildman–Crippen MR) is 226 cm³/mol. The summed E-state index contributed by atoms with van der Waals surface area (Å²) in [4.78, 5) is 16.1. The highest BCUT2D eigenvalue weighted by Crippen LogP contribution is 2.41. The smallest absolute Gasteiger partial charge is 0.335 e. The van der Waals surface area contributed by atoms with Gasteiger partial charge in [-0.05, 0) is 140 Å². The largest absolute Gasteiger partial charge is 0.497 e. The summed E-state index contributed by atoms with van der Waals surface area (Å²) in [5.74, 6) is 2.37. The number of epoxide rings is 1. The standard InChI is InChI=1S/C49H46N2O6/c1-4-48(52)56-43-30-26-39(27-31-43)51(41-9-6-11-45(33-41)54-3)37-22-18-35(19-23-37)15-14-34-16-20-36(21-17-34)50(40-8-5-10-44(32-40)53-2)38-24-28-42(29-25-38)55-46-12-7-13-47-49(46)57-47/h4-6,8-11,16-33,46-47,49H,1,7,12-15H2,2-3H3. The molecule has 0 spiro atoms. The number of hydrogen-bond acceptors (Lipinski definition) is 8. The first-order chi connectivity index (χ1) is 28.0. The van der Waals surface area contributed by atoms with Gasteiger partial charge >= 0.3 is 5.97 Å². The summed E-state index contributed by atoms with van der Waals surface area (Å²) in [5, 5.41) is 0. The van der Waals surface area contributed by atoms with E-state index in [-0.39, 0.29) is 12.2 Å². The Morgan fingerprint density at radius 1 is 0.614 bits per heavy atom. The van der Waals surface area contributed by atoms with Gasteiger partial charge < -0.3 is 33.5 Å². The summed E-state index contributed by atoms with van der Waals surface area (Å²) in [6.07, 6.45) is 7.01. The Morgan fingerprint density at radius 3 is 1.56 bits per heavy atom. The molecule has 8 nitrogen and oxygen atoms in total. The van der Waals surface area contributed by atoms with E-state index in [9.17, 15) is 4.79 Å². The van der Waals surface area contributed by atoms with Gasteiger partial charge in [-0.1, -0.05) is 43.0 Å². The third-order valence-electron chi connectivity index (χ3n) is 10.5. The first-order valence-electron chi connectivity index (χ1n) is 19.4. The zero-order valence-electron chi connectivity index (χ0n) is 32.3. The molecule has 0 N–H and O–H groups in total. The quantitative estimate of drug-likeness (QED) is 0.0444. The Morgan fingerprint density at radius 2 is 1.09 bits per heavy atom. The first-order valence-corrected chi connectivity index (χ1v) is 19.4. The van der Waals surface area contributed by atoms with E-state index in [1.165, 1.54) is 11.1 Å². The maximum absolute atomic E-state index is 11.7. The van der Waals surface area contributed by atoms with E-state index in [2.05, 4.69) is 101 Å². The molecule has 1 aliphatic heterocycles. The molecule has 1 aliphatic carbocycles. The van der Waals surface area contributed by atoms with Crippen molar-refractivity contribution in [1.82, 2.24) is 0 Å². The average Bonchev–Trinajstić information content (AvgIpc) is 4.07. The molecule has 0 amide bonds. The van der Waals surface area contributed by atoms with Crippen molar-refractivity contribution in [3.63, 3.8) is 0 Å². The number of hydrogen-bond donors (Lipinski definition) is 0. The van der Waals surface area contributed by atoms with E-state index in [1.54, 1.807) is 26.4 Å². The lowest BCUT2D eigenvalue weighted by molar-refractivity contribution is -0.128. The number of carbonyl (C=O) groups excluding carboxylic acids is 1. The van der Waals surface area contributed by atoms with Gasteiger partial charge in [0.1, 0.15) is 35.2 Å². The van der Waals surface area contributed by atoms with Crippen LogP contribution >= 0.6 is 0 Å². The van der Waals surface area contributed by atoms with Crippen LogP contribution in [0, 0.1) is 0 Å². The number of ether oxygens (including phenoxy) is 5. The average molecular weight is 759 g/mol. The molecule has 2 aliphatic rings. The van der Waals surface area contributed by atoms with E-state index in [1.807, 2.05) is 48.5 Å². The van der Waals surface area contributed by atoms with Crippen molar-refractivity contribution in [3.05, 3.63) is 169 Å². The van der Waals surface area contributed by atoms with Gasteiger partial charge in [0.05, 0.1) is 20.3 Å². The number of anilines is 6. The normalized spacial score (nSPS) is 16.8. The highest BCUT2D eigenvalue weighted by Gasteiger charge is 2.48. The fraction of sp³-hybridized carbons (Fsp3) is 0.204. The summed E-state index contributed by atoms with van der Waals surface area (Å²) < 4.78 is 28.6. The zero-order valence-corrected chi connectivity index (χ0v) is 32.3. The molecule has 1 saturated heterocycles. The molecule has 0 aromatic heterocycles. The number of aryl methyl sites for hydroxylation is 2. The minimum atomic E-state index is -0.497. The van der Waals surface area contributed by atoms with Crippen molar-refractivity contribution in [2.24, 2.45) is 0 Å². The fourth-order valence-electron chi connectivity index (χ4n) is 7.50. The lowest BCUT2D eigenvalue weighted by Gasteiger charge is -2.27. The van der Waals surface area contributed by atoms with Crippen molar-refractivity contribution in [2.75, 3.05) is 24.0 Å². The molecule has 1 heterocycles. The molecule has 1 saturated carbocycles. The van der Waals surface area contributed by atoms with Crippen LogP contribution in [0.4, 0.5) is 34.1 Å². The number of carbonyl (C=O) groups is 1. The van der Waals surface area contributed by atoms with Crippen LogP contribution in [0.2, 0.25) is 0 Å². The second-order valence-electron chi connectivity index (χ2n) is 14.2. The number of benzene rings is 6. The van der Waals surface area contributed by atoms with Crippen molar-refractivity contribution in [1.29, 1.82) is 0 Å². The molecule has 288 valence electrons. The predicted octanol–water partition coefficient (Wildman–Crippen LogP) is 11.2. The molecule has 0 radical (unpaired) electrons. The lowest BCUT2D eigenvalue weighted by atomic mass is 9.98. The number of methoxy groups -OCH3 is 2. The van der Waals surface area contributed by atoms with E-state index < -0.39 is 5.97 Å². The van der Waals surface area contributed by atoms with Gasteiger partial charge in [-0.2, -0.15) is 0 Å². The summed E-state index contributed by atoms with van der Waals surface area (Å²) in [6.45, 7) is 3.48.